The lowest BCUT2D eigenvalue weighted by molar-refractivity contribution is 0.0649. The van der Waals surface area contributed by atoms with E-state index in [0.29, 0.717) is 5.41 Å². The molecule has 0 aromatic carbocycles. The van der Waals surface area contributed by atoms with Crippen LogP contribution in [0.15, 0.2) is 0 Å². The Balaban J connectivity index is 1.98. The van der Waals surface area contributed by atoms with Crippen LogP contribution in [0.25, 0.3) is 0 Å². The topological polar surface area (TPSA) is 0 Å². The lowest BCUT2D eigenvalue weighted by Gasteiger charge is -2.45. The Morgan fingerprint density at radius 2 is 1.77 bits per heavy atom. The summed E-state index contributed by atoms with van der Waals surface area (Å²) in [5.41, 5.74) is 0.655. The van der Waals surface area contributed by atoms with Crippen molar-refractivity contribution in [2.75, 3.05) is 0 Å². The van der Waals surface area contributed by atoms with Gasteiger partial charge in [0.1, 0.15) is 0 Å². The summed E-state index contributed by atoms with van der Waals surface area (Å²) in [7, 11) is 0. The van der Waals surface area contributed by atoms with Crippen LogP contribution in [0.3, 0.4) is 0 Å². The van der Waals surface area contributed by atoms with Crippen LogP contribution in [0.5, 0.6) is 0 Å². The lowest BCUT2D eigenvalue weighted by atomic mass is 9.61. The molecule has 3 atom stereocenters. The minimum atomic E-state index is 0.655. The fraction of sp³-hybridized carbons (Fsp3) is 1.00. The highest BCUT2D eigenvalue weighted by atomic mass is 14.4. The quantitative estimate of drug-likeness (QED) is 0.523. The second-order valence-corrected chi connectivity index (χ2v) is 6.35. The highest BCUT2D eigenvalue weighted by Gasteiger charge is 2.37. The van der Waals surface area contributed by atoms with E-state index in [9.17, 15) is 0 Å². The maximum Gasteiger partial charge on any atom is -0.0351 e. The fourth-order valence-electron chi connectivity index (χ4n) is 3.57. The predicted molar refractivity (Wildman–Crippen MR) is 57.6 cm³/mol. The molecule has 0 amide bonds. The molecule has 0 saturated heterocycles. The van der Waals surface area contributed by atoms with Gasteiger partial charge in [-0.1, -0.05) is 27.2 Å². The average molecular weight is 180 g/mol. The molecule has 13 heavy (non-hydrogen) atoms. The normalized spacial score (nSPS) is 44.1. The van der Waals surface area contributed by atoms with Gasteiger partial charge in [-0.25, -0.2) is 0 Å². The van der Waals surface area contributed by atoms with E-state index in [1.165, 1.54) is 38.5 Å². The molecule has 0 aliphatic heterocycles. The molecular formula is C13H24. The largest absolute Gasteiger partial charge is 0.0625 e. The first kappa shape index (κ1) is 9.55. The Morgan fingerprint density at radius 3 is 2.54 bits per heavy atom. The van der Waals surface area contributed by atoms with Crippen molar-refractivity contribution in [3.05, 3.63) is 0 Å². The third-order valence-electron chi connectivity index (χ3n) is 4.41. The molecule has 2 aliphatic rings. The molecule has 0 radical (unpaired) electrons. The molecule has 0 nitrogen and oxygen atoms in total. The van der Waals surface area contributed by atoms with Gasteiger partial charge in [-0.15, -0.1) is 0 Å². The van der Waals surface area contributed by atoms with Crippen LogP contribution in [0, 0.1) is 23.2 Å². The molecule has 76 valence electrons. The third kappa shape index (κ3) is 2.08. The maximum absolute atomic E-state index is 2.46. The summed E-state index contributed by atoms with van der Waals surface area (Å²) in [5, 5.41) is 0. The maximum atomic E-state index is 2.46. The summed E-state index contributed by atoms with van der Waals surface area (Å²) in [6.45, 7) is 7.36. The number of hydrogen-bond acceptors (Lipinski definition) is 0. The monoisotopic (exact) mass is 180 g/mol. The molecule has 2 saturated carbocycles. The minimum Gasteiger partial charge on any atom is -0.0625 e. The van der Waals surface area contributed by atoms with Crippen molar-refractivity contribution in [3.8, 4) is 0 Å². The van der Waals surface area contributed by atoms with E-state index in [-0.39, 0.29) is 0 Å². The highest BCUT2D eigenvalue weighted by molar-refractivity contribution is 4.88. The van der Waals surface area contributed by atoms with Gasteiger partial charge in [-0.05, 0) is 55.3 Å². The molecule has 0 aromatic heterocycles. The van der Waals surface area contributed by atoms with Gasteiger partial charge in [0.15, 0.2) is 0 Å². The number of fused-ring (bicyclic) bond motifs is 1. The van der Waals surface area contributed by atoms with E-state index >= 15 is 0 Å². The third-order valence-corrected chi connectivity index (χ3v) is 4.41. The second-order valence-electron chi connectivity index (χ2n) is 6.35. The Kier molecular flexibility index (Phi) is 2.42. The zero-order chi connectivity index (χ0) is 9.47. The first-order valence-electron chi connectivity index (χ1n) is 6.07. The molecule has 2 rings (SSSR count). The van der Waals surface area contributed by atoms with Gasteiger partial charge >= 0.3 is 0 Å². The van der Waals surface area contributed by atoms with Crippen molar-refractivity contribution in [1.82, 2.24) is 0 Å². The second kappa shape index (κ2) is 3.29. The molecule has 0 spiro atoms. The van der Waals surface area contributed by atoms with Crippen molar-refractivity contribution in [2.24, 2.45) is 23.2 Å². The summed E-state index contributed by atoms with van der Waals surface area (Å²) in [6.07, 6.45) is 9.04. The van der Waals surface area contributed by atoms with Gasteiger partial charge in [0.2, 0.25) is 0 Å². The van der Waals surface area contributed by atoms with Crippen LogP contribution >= 0.6 is 0 Å². The SMILES string of the molecule is CC1CCC2CC(C)(C)CCC2C1. The van der Waals surface area contributed by atoms with Crippen molar-refractivity contribution < 1.29 is 0 Å². The molecule has 3 unspecified atom stereocenters. The van der Waals surface area contributed by atoms with Gasteiger partial charge < -0.3 is 0 Å². The molecule has 0 bridgehead atoms. The summed E-state index contributed by atoms with van der Waals surface area (Å²) in [5.74, 6) is 3.19. The smallest absolute Gasteiger partial charge is 0.0351 e. The van der Waals surface area contributed by atoms with Crippen LogP contribution in [0.4, 0.5) is 0 Å². The van der Waals surface area contributed by atoms with Gasteiger partial charge in [-0.3, -0.25) is 0 Å². The fourth-order valence-corrected chi connectivity index (χ4v) is 3.57. The van der Waals surface area contributed by atoms with E-state index < -0.39 is 0 Å². The van der Waals surface area contributed by atoms with Crippen LogP contribution in [-0.4, -0.2) is 0 Å². The van der Waals surface area contributed by atoms with Crippen LogP contribution in [0.2, 0.25) is 0 Å². The molecule has 2 aliphatic carbocycles. The van der Waals surface area contributed by atoms with E-state index in [0.717, 1.165) is 17.8 Å². The van der Waals surface area contributed by atoms with Crippen LogP contribution in [-0.2, 0) is 0 Å². The Labute approximate surface area is 83.1 Å². The molecule has 0 N–H and O–H groups in total. The van der Waals surface area contributed by atoms with Crippen molar-refractivity contribution in [3.63, 3.8) is 0 Å². The molecule has 0 aromatic rings. The summed E-state index contributed by atoms with van der Waals surface area (Å²) >= 11 is 0. The summed E-state index contributed by atoms with van der Waals surface area (Å²) in [4.78, 5) is 0. The first-order valence-corrected chi connectivity index (χ1v) is 6.07. The zero-order valence-corrected chi connectivity index (χ0v) is 9.47. The standard InChI is InChI=1S/C13H24/c1-10-4-5-12-9-13(2,3)7-6-11(12)8-10/h10-12H,4-9H2,1-3H3. The average Bonchev–Trinajstić information content (AvgIpc) is 2.05. The highest BCUT2D eigenvalue weighted by Crippen LogP contribution is 2.48. The Hall–Kier alpha value is 0. The van der Waals surface area contributed by atoms with Crippen LogP contribution in [0.1, 0.15) is 59.3 Å². The molecule has 2 fully saturated rings. The summed E-state index contributed by atoms with van der Waals surface area (Å²) in [6, 6.07) is 0. The van der Waals surface area contributed by atoms with Crippen LogP contribution < -0.4 is 0 Å². The van der Waals surface area contributed by atoms with Gasteiger partial charge in [-0.2, -0.15) is 0 Å². The van der Waals surface area contributed by atoms with Gasteiger partial charge in [0.05, 0.1) is 0 Å². The first-order chi connectivity index (χ1) is 6.07. The number of hydrogen-bond donors (Lipinski definition) is 0. The van der Waals surface area contributed by atoms with Gasteiger partial charge in [0, 0.05) is 0 Å². The molecule has 0 heterocycles. The van der Waals surface area contributed by atoms with E-state index in [2.05, 4.69) is 20.8 Å². The predicted octanol–water partition coefficient (Wildman–Crippen LogP) is 4.25. The van der Waals surface area contributed by atoms with E-state index in [1.807, 2.05) is 0 Å². The van der Waals surface area contributed by atoms with Gasteiger partial charge in [0.25, 0.3) is 0 Å². The van der Waals surface area contributed by atoms with E-state index in [4.69, 9.17) is 0 Å². The molecule has 0 heteroatoms. The Bertz CT molecular complexity index is 180. The lowest BCUT2D eigenvalue weighted by Crippen LogP contribution is -2.33. The van der Waals surface area contributed by atoms with Crippen molar-refractivity contribution in [1.29, 1.82) is 0 Å². The van der Waals surface area contributed by atoms with E-state index in [1.54, 1.807) is 0 Å². The minimum absolute atomic E-state index is 0.655. The Morgan fingerprint density at radius 1 is 1.00 bits per heavy atom. The number of rotatable bonds is 0. The van der Waals surface area contributed by atoms with Crippen molar-refractivity contribution >= 4 is 0 Å². The molecular weight excluding hydrogens is 156 g/mol. The summed E-state index contributed by atoms with van der Waals surface area (Å²) < 4.78 is 0. The zero-order valence-electron chi connectivity index (χ0n) is 9.47. The van der Waals surface area contributed by atoms with Crippen molar-refractivity contribution in [2.45, 2.75) is 59.3 Å².